The van der Waals surface area contributed by atoms with Crippen LogP contribution in [0.4, 0.5) is 4.79 Å². The van der Waals surface area contributed by atoms with Gasteiger partial charge in [-0.2, -0.15) is 0 Å². The number of nitrogens with one attached hydrogen (secondary N) is 3. The number of carbonyl (C=O) groups is 4. The predicted octanol–water partition coefficient (Wildman–Crippen LogP) is 4.43. The van der Waals surface area contributed by atoms with Gasteiger partial charge in [-0.25, -0.2) is 4.79 Å². The number of unbranched alkanes of at least 4 members (excludes halogenated alkanes) is 1. The van der Waals surface area contributed by atoms with E-state index in [2.05, 4.69) is 16.0 Å². The molecule has 0 aliphatic carbocycles. The van der Waals surface area contributed by atoms with E-state index in [1.165, 1.54) is 6.92 Å². The Balaban J connectivity index is 2.95. The molecule has 1 aromatic rings. The van der Waals surface area contributed by atoms with Gasteiger partial charge in [-0.05, 0) is 91.8 Å². The number of rotatable bonds is 17. The summed E-state index contributed by atoms with van der Waals surface area (Å²) >= 11 is 0. The Morgan fingerprint density at radius 2 is 1.57 bits per heavy atom. The second-order valence-electron chi connectivity index (χ2n) is 13.2. The maximum absolute atomic E-state index is 13.1. The van der Waals surface area contributed by atoms with Crippen molar-refractivity contribution in [3.63, 3.8) is 0 Å². The second kappa shape index (κ2) is 18.5. The minimum absolute atomic E-state index is 0.123. The number of esters is 1. The van der Waals surface area contributed by atoms with Crippen LogP contribution in [0, 0.1) is 5.92 Å². The van der Waals surface area contributed by atoms with Gasteiger partial charge in [0.2, 0.25) is 11.8 Å². The van der Waals surface area contributed by atoms with Gasteiger partial charge in [0.25, 0.3) is 0 Å². The summed E-state index contributed by atoms with van der Waals surface area (Å²) in [6.07, 6.45) is 1.11. The predicted molar refractivity (Wildman–Crippen MR) is 169 cm³/mol. The molecular formula is C33H55N3O8. The molecule has 0 radical (unpaired) electrons. The Morgan fingerprint density at radius 1 is 0.909 bits per heavy atom. The van der Waals surface area contributed by atoms with Crippen molar-refractivity contribution in [3.8, 4) is 5.75 Å². The lowest BCUT2D eigenvalue weighted by Gasteiger charge is -2.28. The summed E-state index contributed by atoms with van der Waals surface area (Å²) in [4.78, 5) is 49.8. The molecule has 4 atom stereocenters. The highest BCUT2D eigenvalue weighted by Crippen LogP contribution is 2.19. The van der Waals surface area contributed by atoms with E-state index in [-0.39, 0.29) is 31.1 Å². The monoisotopic (exact) mass is 621 g/mol. The third kappa shape index (κ3) is 17.1. The molecule has 250 valence electrons. The largest absolute Gasteiger partial charge is 0.494 e. The van der Waals surface area contributed by atoms with Crippen LogP contribution in [0.2, 0.25) is 0 Å². The first-order chi connectivity index (χ1) is 20.4. The highest BCUT2D eigenvalue weighted by Gasteiger charge is 2.29. The number of aliphatic hydroxyl groups excluding tert-OH is 1. The van der Waals surface area contributed by atoms with E-state index in [1.54, 1.807) is 39.8 Å². The maximum atomic E-state index is 13.1. The number of benzene rings is 1. The van der Waals surface area contributed by atoms with Crippen molar-refractivity contribution in [2.24, 2.45) is 5.92 Å². The van der Waals surface area contributed by atoms with Crippen molar-refractivity contribution >= 4 is 23.9 Å². The lowest BCUT2D eigenvalue weighted by molar-refractivity contribution is -0.155. The van der Waals surface area contributed by atoms with E-state index in [0.717, 1.165) is 18.4 Å². The lowest BCUT2D eigenvalue weighted by atomic mass is 9.93. The van der Waals surface area contributed by atoms with Crippen LogP contribution in [0.1, 0.15) is 100.0 Å². The molecule has 11 heteroatoms. The molecule has 1 aromatic carbocycles. The molecule has 0 fully saturated rings. The fourth-order valence-corrected chi connectivity index (χ4v) is 4.15. The van der Waals surface area contributed by atoms with Gasteiger partial charge in [-0.3, -0.25) is 14.4 Å². The first kappa shape index (κ1) is 38.7. The molecule has 0 aliphatic rings. The van der Waals surface area contributed by atoms with E-state index in [4.69, 9.17) is 14.2 Å². The summed E-state index contributed by atoms with van der Waals surface area (Å²) in [6, 6.07) is 5.55. The van der Waals surface area contributed by atoms with Crippen LogP contribution in [0.3, 0.4) is 0 Å². The first-order valence-corrected chi connectivity index (χ1v) is 15.6. The van der Waals surface area contributed by atoms with Gasteiger partial charge in [-0.15, -0.1) is 0 Å². The van der Waals surface area contributed by atoms with Crippen molar-refractivity contribution in [1.29, 1.82) is 0 Å². The third-order valence-electron chi connectivity index (χ3n) is 6.36. The number of amides is 3. The Bertz CT molecular complexity index is 1060. The Morgan fingerprint density at radius 3 is 2.18 bits per heavy atom. The van der Waals surface area contributed by atoms with Crippen LogP contribution >= 0.6 is 0 Å². The number of aliphatic hydroxyl groups is 1. The average Bonchev–Trinajstić information content (AvgIpc) is 2.88. The van der Waals surface area contributed by atoms with E-state index < -0.39 is 47.3 Å². The quantitative estimate of drug-likeness (QED) is 0.147. The summed E-state index contributed by atoms with van der Waals surface area (Å²) in [5.74, 6) is -0.863. The summed E-state index contributed by atoms with van der Waals surface area (Å²) < 4.78 is 16.4. The fourth-order valence-electron chi connectivity index (χ4n) is 4.15. The molecule has 3 amide bonds. The first-order valence-electron chi connectivity index (χ1n) is 15.6. The number of alkyl carbamates (subject to hydrolysis) is 1. The van der Waals surface area contributed by atoms with Gasteiger partial charge in [-0.1, -0.05) is 32.4 Å². The van der Waals surface area contributed by atoms with Crippen molar-refractivity contribution in [1.82, 2.24) is 16.0 Å². The molecule has 0 saturated carbocycles. The average molecular weight is 622 g/mol. The Hall–Kier alpha value is -3.34. The van der Waals surface area contributed by atoms with E-state index in [9.17, 15) is 24.3 Å². The molecule has 0 heterocycles. The molecular weight excluding hydrogens is 566 g/mol. The van der Waals surface area contributed by atoms with Gasteiger partial charge in [0.15, 0.2) is 0 Å². The maximum Gasteiger partial charge on any atom is 0.408 e. The molecule has 0 unspecified atom stereocenters. The number of ether oxygens (including phenoxy) is 3. The Labute approximate surface area is 263 Å². The molecule has 11 nitrogen and oxygen atoms in total. The molecule has 0 bridgehead atoms. The zero-order valence-electron chi connectivity index (χ0n) is 28.1. The standard InChI is InChI=1S/C33H55N3O8/c1-10-11-17-34-29(39)22(2)19-27(37)26(36-30(40)23(3)35-31(41)44-33(7,8)9)21-24-14-12-15-25(20-24)42-18-13-16-28(38)43-32(4,5)6/h12,14-15,20,22-23,26-27,37H,10-11,13,16-19,21H2,1-9H3,(H,34,39)(H,35,41)(H,36,40)/t22-,23+,26+,27+/m1/s1. The van der Waals surface area contributed by atoms with Gasteiger partial charge >= 0.3 is 12.1 Å². The normalized spacial score (nSPS) is 14.4. The van der Waals surface area contributed by atoms with E-state index in [0.29, 0.717) is 25.3 Å². The Kier molecular flexibility index (Phi) is 16.2. The molecule has 4 N–H and O–H groups in total. The van der Waals surface area contributed by atoms with Crippen molar-refractivity contribution in [2.45, 2.75) is 130 Å². The molecule has 44 heavy (non-hydrogen) atoms. The summed E-state index contributed by atoms with van der Waals surface area (Å²) in [5, 5.41) is 19.5. The van der Waals surface area contributed by atoms with Crippen LogP contribution < -0.4 is 20.7 Å². The number of hydrogen-bond acceptors (Lipinski definition) is 8. The van der Waals surface area contributed by atoms with Gasteiger partial charge in [0.05, 0.1) is 18.8 Å². The van der Waals surface area contributed by atoms with E-state index in [1.807, 2.05) is 39.8 Å². The second-order valence-corrected chi connectivity index (χ2v) is 13.2. The van der Waals surface area contributed by atoms with Crippen molar-refractivity contribution in [2.75, 3.05) is 13.2 Å². The van der Waals surface area contributed by atoms with Crippen LogP contribution in [-0.2, 0) is 30.3 Å². The lowest BCUT2D eigenvalue weighted by Crippen LogP contribution is -2.53. The van der Waals surface area contributed by atoms with Gasteiger partial charge < -0.3 is 35.3 Å². The van der Waals surface area contributed by atoms with Crippen molar-refractivity contribution < 1.29 is 38.5 Å². The van der Waals surface area contributed by atoms with Crippen LogP contribution in [-0.4, -0.2) is 71.5 Å². The summed E-state index contributed by atoms with van der Waals surface area (Å²) in [7, 11) is 0. The zero-order valence-corrected chi connectivity index (χ0v) is 28.1. The SMILES string of the molecule is CCCCNC(=O)[C@H](C)C[C@H](O)[C@H](Cc1cccc(OCCCC(=O)OC(C)(C)C)c1)NC(=O)[C@H](C)NC(=O)OC(C)(C)C. The summed E-state index contributed by atoms with van der Waals surface area (Å²) in [6.45, 7) is 16.8. The molecule has 1 rings (SSSR count). The number of carbonyl (C=O) groups excluding carboxylic acids is 4. The van der Waals surface area contributed by atoms with E-state index >= 15 is 0 Å². The van der Waals surface area contributed by atoms with Crippen LogP contribution in [0.25, 0.3) is 0 Å². The molecule has 0 aromatic heterocycles. The minimum atomic E-state index is -1.06. The fraction of sp³-hybridized carbons (Fsp3) is 0.697. The topological polar surface area (TPSA) is 152 Å². The third-order valence-corrected chi connectivity index (χ3v) is 6.36. The minimum Gasteiger partial charge on any atom is -0.494 e. The highest BCUT2D eigenvalue weighted by atomic mass is 16.6. The molecule has 0 aliphatic heterocycles. The van der Waals surface area contributed by atoms with Crippen LogP contribution in [0.5, 0.6) is 5.75 Å². The molecule has 0 saturated heterocycles. The smallest absolute Gasteiger partial charge is 0.408 e. The summed E-state index contributed by atoms with van der Waals surface area (Å²) in [5.41, 5.74) is -0.481. The zero-order chi connectivity index (χ0) is 33.5. The highest BCUT2D eigenvalue weighted by molar-refractivity contribution is 5.85. The van der Waals surface area contributed by atoms with Gasteiger partial charge in [0, 0.05) is 18.9 Å². The molecule has 0 spiro atoms. The van der Waals surface area contributed by atoms with Crippen molar-refractivity contribution in [3.05, 3.63) is 29.8 Å². The van der Waals surface area contributed by atoms with Gasteiger partial charge in [0.1, 0.15) is 23.0 Å². The van der Waals surface area contributed by atoms with Crippen LogP contribution in [0.15, 0.2) is 24.3 Å². The number of hydrogen-bond donors (Lipinski definition) is 4.